The van der Waals surface area contributed by atoms with Crippen molar-refractivity contribution in [2.75, 3.05) is 13.1 Å². The monoisotopic (exact) mass is 201 g/mol. The van der Waals surface area contributed by atoms with Gasteiger partial charge in [-0.05, 0) is 19.8 Å². The van der Waals surface area contributed by atoms with Crippen molar-refractivity contribution in [3.8, 4) is 11.8 Å². The SMILES string of the molecule is CC(C)(C#CC=O)N1CCC(F)(F)C1. The number of hydrogen-bond acceptors (Lipinski definition) is 2. The zero-order valence-corrected chi connectivity index (χ0v) is 8.31. The van der Waals surface area contributed by atoms with E-state index in [1.807, 2.05) is 0 Å². The van der Waals surface area contributed by atoms with Gasteiger partial charge in [0.1, 0.15) is 0 Å². The van der Waals surface area contributed by atoms with Gasteiger partial charge in [0.25, 0.3) is 5.92 Å². The van der Waals surface area contributed by atoms with Gasteiger partial charge in [-0.2, -0.15) is 0 Å². The molecule has 4 heteroatoms. The van der Waals surface area contributed by atoms with Crippen LogP contribution in [-0.4, -0.2) is 35.7 Å². The highest BCUT2D eigenvalue weighted by Gasteiger charge is 2.43. The summed E-state index contributed by atoms with van der Waals surface area (Å²) in [5.74, 6) is 2.33. The van der Waals surface area contributed by atoms with Gasteiger partial charge in [-0.3, -0.25) is 9.69 Å². The molecule has 78 valence electrons. The Morgan fingerprint density at radius 1 is 1.50 bits per heavy atom. The van der Waals surface area contributed by atoms with E-state index in [1.54, 1.807) is 18.7 Å². The van der Waals surface area contributed by atoms with Crippen molar-refractivity contribution in [3.05, 3.63) is 0 Å². The maximum Gasteiger partial charge on any atom is 0.261 e. The fourth-order valence-electron chi connectivity index (χ4n) is 1.50. The third kappa shape index (κ3) is 2.52. The Hall–Kier alpha value is -0.950. The molecule has 1 aliphatic rings. The van der Waals surface area contributed by atoms with Gasteiger partial charge < -0.3 is 0 Å². The lowest BCUT2D eigenvalue weighted by Gasteiger charge is -2.30. The summed E-state index contributed by atoms with van der Waals surface area (Å²) >= 11 is 0. The molecule has 1 rings (SSSR count). The number of carbonyl (C=O) groups excluding carboxylic acids is 1. The molecule has 0 aromatic carbocycles. The van der Waals surface area contributed by atoms with Gasteiger partial charge in [0.2, 0.25) is 0 Å². The average molecular weight is 201 g/mol. The van der Waals surface area contributed by atoms with Crippen LogP contribution in [0.4, 0.5) is 8.78 Å². The van der Waals surface area contributed by atoms with E-state index in [2.05, 4.69) is 11.8 Å². The maximum atomic E-state index is 12.9. The second kappa shape index (κ2) is 3.66. The summed E-state index contributed by atoms with van der Waals surface area (Å²) in [6.45, 7) is 3.54. The van der Waals surface area contributed by atoms with Crippen LogP contribution in [-0.2, 0) is 4.79 Å². The third-order valence-corrected chi connectivity index (χ3v) is 2.40. The first-order valence-corrected chi connectivity index (χ1v) is 4.47. The molecule has 1 saturated heterocycles. The van der Waals surface area contributed by atoms with Crippen LogP contribution < -0.4 is 0 Å². The van der Waals surface area contributed by atoms with Crippen LogP contribution in [0.25, 0.3) is 0 Å². The third-order valence-electron chi connectivity index (χ3n) is 2.40. The molecule has 0 N–H and O–H groups in total. The first kappa shape index (κ1) is 11.1. The zero-order chi connectivity index (χ0) is 10.8. The molecule has 1 fully saturated rings. The first-order chi connectivity index (χ1) is 6.37. The van der Waals surface area contributed by atoms with Crippen molar-refractivity contribution >= 4 is 6.29 Å². The molecular weight excluding hydrogens is 188 g/mol. The molecule has 0 radical (unpaired) electrons. The maximum absolute atomic E-state index is 12.9. The minimum absolute atomic E-state index is 0.126. The number of rotatable bonds is 1. The van der Waals surface area contributed by atoms with E-state index in [9.17, 15) is 13.6 Å². The lowest BCUT2D eigenvalue weighted by Crippen LogP contribution is -2.42. The van der Waals surface area contributed by atoms with Gasteiger partial charge in [-0.25, -0.2) is 8.78 Å². The summed E-state index contributed by atoms with van der Waals surface area (Å²) in [5.41, 5.74) is -0.652. The van der Waals surface area contributed by atoms with E-state index in [-0.39, 0.29) is 13.0 Å². The largest absolute Gasteiger partial charge is 0.289 e. The van der Waals surface area contributed by atoms with Crippen molar-refractivity contribution in [3.63, 3.8) is 0 Å². The minimum atomic E-state index is -2.61. The van der Waals surface area contributed by atoms with Crippen LogP contribution in [0.1, 0.15) is 20.3 Å². The van der Waals surface area contributed by atoms with Crippen molar-refractivity contribution in [2.24, 2.45) is 0 Å². The summed E-state index contributed by atoms with van der Waals surface area (Å²) in [7, 11) is 0. The van der Waals surface area contributed by atoms with E-state index < -0.39 is 11.5 Å². The van der Waals surface area contributed by atoms with Crippen LogP contribution in [0, 0.1) is 11.8 Å². The number of hydrogen-bond donors (Lipinski definition) is 0. The Bertz CT molecular complexity index is 288. The van der Waals surface area contributed by atoms with Gasteiger partial charge in [0.15, 0.2) is 6.29 Å². The molecule has 0 saturated carbocycles. The van der Waals surface area contributed by atoms with Gasteiger partial charge in [-0.1, -0.05) is 5.92 Å². The predicted octanol–water partition coefficient (Wildman–Crippen LogP) is 1.31. The van der Waals surface area contributed by atoms with Crippen LogP contribution in [0.3, 0.4) is 0 Å². The smallest absolute Gasteiger partial charge is 0.261 e. The fourth-order valence-corrected chi connectivity index (χ4v) is 1.50. The second-order valence-corrected chi connectivity index (χ2v) is 3.97. The molecule has 0 spiro atoms. The number of alkyl halides is 2. The van der Waals surface area contributed by atoms with Crippen LogP contribution in [0.2, 0.25) is 0 Å². The summed E-state index contributed by atoms with van der Waals surface area (Å²) in [4.78, 5) is 11.7. The number of likely N-dealkylation sites (tertiary alicyclic amines) is 1. The van der Waals surface area contributed by atoms with E-state index >= 15 is 0 Å². The molecule has 14 heavy (non-hydrogen) atoms. The topological polar surface area (TPSA) is 20.3 Å². The van der Waals surface area contributed by atoms with Gasteiger partial charge in [0.05, 0.1) is 12.1 Å². The molecule has 0 amide bonds. The Morgan fingerprint density at radius 2 is 2.14 bits per heavy atom. The summed E-state index contributed by atoms with van der Waals surface area (Å²) in [6.07, 6.45) is 0.356. The molecular formula is C10H13F2NO. The minimum Gasteiger partial charge on any atom is -0.289 e. The highest BCUT2D eigenvalue weighted by atomic mass is 19.3. The molecule has 0 bridgehead atoms. The fraction of sp³-hybridized carbons (Fsp3) is 0.700. The second-order valence-electron chi connectivity index (χ2n) is 3.97. The summed E-state index contributed by atoms with van der Waals surface area (Å²) in [6, 6.07) is 0. The Morgan fingerprint density at radius 3 is 2.57 bits per heavy atom. The van der Waals surface area contributed by atoms with Crippen molar-refractivity contribution in [2.45, 2.75) is 31.7 Å². The number of aldehydes is 1. The van der Waals surface area contributed by atoms with E-state index in [0.29, 0.717) is 12.8 Å². The highest BCUT2D eigenvalue weighted by Crippen LogP contribution is 2.31. The lowest BCUT2D eigenvalue weighted by atomic mass is 10.0. The number of halogens is 2. The highest BCUT2D eigenvalue weighted by molar-refractivity contribution is 5.73. The molecule has 0 unspecified atom stereocenters. The van der Waals surface area contributed by atoms with Gasteiger partial charge in [0, 0.05) is 13.0 Å². The lowest BCUT2D eigenvalue weighted by molar-refractivity contribution is -0.103. The van der Waals surface area contributed by atoms with Crippen molar-refractivity contribution in [1.82, 2.24) is 4.90 Å². The first-order valence-electron chi connectivity index (χ1n) is 4.47. The molecule has 0 aromatic heterocycles. The summed E-state index contributed by atoms with van der Waals surface area (Å²) in [5, 5.41) is 0. The van der Waals surface area contributed by atoms with Gasteiger partial charge >= 0.3 is 0 Å². The van der Waals surface area contributed by atoms with Crippen LogP contribution >= 0.6 is 0 Å². The molecule has 0 aliphatic carbocycles. The number of nitrogens with zero attached hydrogens (tertiary/aromatic N) is 1. The zero-order valence-electron chi connectivity index (χ0n) is 8.31. The van der Waals surface area contributed by atoms with Crippen molar-refractivity contribution < 1.29 is 13.6 Å². The molecule has 0 aromatic rings. The molecule has 1 heterocycles. The van der Waals surface area contributed by atoms with E-state index in [0.717, 1.165) is 0 Å². The van der Waals surface area contributed by atoms with Crippen LogP contribution in [0.15, 0.2) is 0 Å². The average Bonchev–Trinajstić information content (AvgIpc) is 2.43. The normalized spacial score (nSPS) is 21.4. The standard InChI is InChI=1S/C10H13F2NO/c1-9(2,4-3-7-14)13-6-5-10(11,12)8-13/h7H,5-6,8H2,1-2H3. The molecule has 2 nitrogen and oxygen atoms in total. The van der Waals surface area contributed by atoms with E-state index in [1.165, 1.54) is 0 Å². The summed E-state index contributed by atoms with van der Waals surface area (Å²) < 4.78 is 25.8. The molecule has 0 atom stereocenters. The number of carbonyl (C=O) groups is 1. The van der Waals surface area contributed by atoms with Gasteiger partial charge in [-0.15, -0.1) is 0 Å². The Kier molecular flexibility index (Phi) is 2.91. The molecule has 1 aliphatic heterocycles. The van der Waals surface area contributed by atoms with Crippen molar-refractivity contribution in [1.29, 1.82) is 0 Å². The Balaban J connectivity index is 2.70. The quantitative estimate of drug-likeness (QED) is 0.471. The van der Waals surface area contributed by atoms with E-state index in [4.69, 9.17) is 0 Å². The Labute approximate surface area is 82.3 Å². The van der Waals surface area contributed by atoms with Crippen LogP contribution in [0.5, 0.6) is 0 Å². The predicted molar refractivity (Wildman–Crippen MR) is 49.1 cm³/mol.